The highest BCUT2D eigenvalue weighted by molar-refractivity contribution is 9.10. The smallest absolute Gasteiger partial charge is 0.404 e. The number of primary amides is 1. The van der Waals surface area contributed by atoms with Gasteiger partial charge in [-0.25, -0.2) is 4.79 Å². The van der Waals surface area contributed by atoms with Gasteiger partial charge >= 0.3 is 6.09 Å². The second kappa shape index (κ2) is 11.4. The number of benzene rings is 1. The van der Waals surface area contributed by atoms with E-state index in [4.69, 9.17) is 15.2 Å². The minimum Gasteiger partial charge on any atom is -0.491 e. The molecule has 2 fully saturated rings. The fraction of sp³-hybridized carbons (Fsp3) is 0.708. The highest BCUT2D eigenvalue weighted by Gasteiger charge is 2.25. The summed E-state index contributed by atoms with van der Waals surface area (Å²) in [6, 6.07) is 6.36. The van der Waals surface area contributed by atoms with Gasteiger partial charge in [0.15, 0.2) is 0 Å². The molecule has 5 nitrogen and oxygen atoms in total. The number of hydrogen-bond donors (Lipinski definition) is 1. The number of nitrogens with zero attached hydrogens (tertiary/aromatic N) is 1. The number of halogens is 1. The molecule has 2 aliphatic rings. The normalized spacial score (nSPS) is 23.5. The molecule has 1 heterocycles. The summed E-state index contributed by atoms with van der Waals surface area (Å²) >= 11 is 3.72. The first-order valence-corrected chi connectivity index (χ1v) is 12.3. The third-order valence-electron chi connectivity index (χ3n) is 6.53. The Bertz CT molecular complexity index is 681. The van der Waals surface area contributed by atoms with E-state index in [1.54, 1.807) is 0 Å². The molecular formula is C24H37BrN2O3. The summed E-state index contributed by atoms with van der Waals surface area (Å²) in [4.78, 5) is 13.5. The van der Waals surface area contributed by atoms with Crippen LogP contribution in [0.25, 0.3) is 0 Å². The average molecular weight is 481 g/mol. The lowest BCUT2D eigenvalue weighted by Crippen LogP contribution is -2.36. The van der Waals surface area contributed by atoms with Gasteiger partial charge in [-0.05, 0) is 120 Å². The molecule has 0 bridgehead atoms. The van der Waals surface area contributed by atoms with Crippen LogP contribution in [0, 0.1) is 11.8 Å². The van der Waals surface area contributed by atoms with Crippen LogP contribution in [0.1, 0.15) is 64.4 Å². The molecule has 1 amide bonds. The van der Waals surface area contributed by atoms with Gasteiger partial charge in [0, 0.05) is 4.47 Å². The zero-order valence-electron chi connectivity index (χ0n) is 18.4. The summed E-state index contributed by atoms with van der Waals surface area (Å²) in [6.45, 7) is 7.73. The summed E-state index contributed by atoms with van der Waals surface area (Å²) in [6.07, 6.45) is 8.74. The van der Waals surface area contributed by atoms with Gasteiger partial charge in [-0.3, -0.25) is 0 Å². The van der Waals surface area contributed by atoms with Crippen LogP contribution in [-0.2, 0) is 11.2 Å². The molecule has 0 aromatic heterocycles. The van der Waals surface area contributed by atoms with Crippen LogP contribution in [-0.4, -0.2) is 42.8 Å². The molecule has 1 aliphatic heterocycles. The second-order valence-electron chi connectivity index (χ2n) is 9.28. The summed E-state index contributed by atoms with van der Waals surface area (Å²) in [5.41, 5.74) is 6.49. The van der Waals surface area contributed by atoms with E-state index >= 15 is 0 Å². The number of rotatable bonds is 8. The SMILES string of the molecule is CC(C)Oc1ccc(Br)c(CC2CCN(CCC3CCC(OC(N)=O)CC3)CC2)c1. The maximum atomic E-state index is 10.9. The van der Waals surface area contributed by atoms with E-state index in [2.05, 4.69) is 46.8 Å². The topological polar surface area (TPSA) is 64.8 Å². The van der Waals surface area contributed by atoms with Crippen molar-refractivity contribution >= 4 is 22.0 Å². The molecule has 0 atom stereocenters. The largest absolute Gasteiger partial charge is 0.491 e. The molecule has 1 aliphatic carbocycles. The minimum atomic E-state index is -0.632. The van der Waals surface area contributed by atoms with Crippen LogP contribution in [0.5, 0.6) is 5.75 Å². The summed E-state index contributed by atoms with van der Waals surface area (Å²) in [5.74, 6) is 2.47. The Morgan fingerprint density at radius 1 is 1.13 bits per heavy atom. The number of carbonyl (C=O) groups excluding carboxylic acids is 1. The molecule has 1 saturated heterocycles. The van der Waals surface area contributed by atoms with E-state index in [1.807, 2.05) is 6.07 Å². The highest BCUT2D eigenvalue weighted by atomic mass is 79.9. The average Bonchev–Trinajstić information content (AvgIpc) is 2.70. The van der Waals surface area contributed by atoms with Gasteiger partial charge in [-0.1, -0.05) is 15.9 Å². The van der Waals surface area contributed by atoms with Crippen LogP contribution < -0.4 is 10.5 Å². The van der Waals surface area contributed by atoms with Gasteiger partial charge in [0.25, 0.3) is 0 Å². The first-order valence-electron chi connectivity index (χ1n) is 11.5. The number of hydrogen-bond acceptors (Lipinski definition) is 4. The third-order valence-corrected chi connectivity index (χ3v) is 7.31. The molecule has 3 rings (SSSR count). The first kappa shape index (κ1) is 23.4. The highest BCUT2D eigenvalue weighted by Crippen LogP contribution is 2.31. The number of piperidine rings is 1. The summed E-state index contributed by atoms with van der Waals surface area (Å²) in [5, 5.41) is 0. The van der Waals surface area contributed by atoms with Crippen molar-refractivity contribution in [2.75, 3.05) is 19.6 Å². The van der Waals surface area contributed by atoms with Crippen LogP contribution in [0.3, 0.4) is 0 Å². The molecule has 1 aromatic rings. The quantitative estimate of drug-likeness (QED) is 0.530. The molecule has 168 valence electrons. The molecule has 0 spiro atoms. The molecule has 6 heteroatoms. The van der Waals surface area contributed by atoms with Crippen molar-refractivity contribution in [2.24, 2.45) is 17.6 Å². The van der Waals surface area contributed by atoms with Gasteiger partial charge < -0.3 is 20.1 Å². The van der Waals surface area contributed by atoms with Gasteiger partial charge in [0.1, 0.15) is 11.9 Å². The lowest BCUT2D eigenvalue weighted by atomic mass is 9.84. The lowest BCUT2D eigenvalue weighted by molar-refractivity contribution is 0.0669. The molecule has 2 N–H and O–H groups in total. The van der Waals surface area contributed by atoms with Crippen molar-refractivity contribution in [3.63, 3.8) is 0 Å². The number of likely N-dealkylation sites (tertiary alicyclic amines) is 1. The van der Waals surface area contributed by atoms with Gasteiger partial charge in [0.2, 0.25) is 0 Å². The second-order valence-corrected chi connectivity index (χ2v) is 10.1. The van der Waals surface area contributed by atoms with Crippen LogP contribution >= 0.6 is 15.9 Å². The Balaban J connectivity index is 1.37. The van der Waals surface area contributed by atoms with Crippen molar-refractivity contribution in [3.05, 3.63) is 28.2 Å². The third kappa shape index (κ3) is 7.45. The molecule has 0 radical (unpaired) electrons. The summed E-state index contributed by atoms with van der Waals surface area (Å²) in [7, 11) is 0. The molecule has 30 heavy (non-hydrogen) atoms. The number of nitrogens with two attached hydrogens (primary N) is 1. The fourth-order valence-corrected chi connectivity index (χ4v) is 5.25. The molecule has 1 saturated carbocycles. The molecule has 0 unspecified atom stereocenters. The van der Waals surface area contributed by atoms with Crippen molar-refractivity contribution < 1.29 is 14.3 Å². The maximum Gasteiger partial charge on any atom is 0.404 e. The zero-order chi connectivity index (χ0) is 21.5. The van der Waals surface area contributed by atoms with E-state index in [1.165, 1.54) is 48.9 Å². The predicted molar refractivity (Wildman–Crippen MR) is 124 cm³/mol. The van der Waals surface area contributed by atoms with Crippen molar-refractivity contribution in [2.45, 2.75) is 77.4 Å². The molecule has 1 aromatic carbocycles. The fourth-order valence-electron chi connectivity index (χ4n) is 4.85. The Kier molecular flexibility index (Phi) is 8.87. The van der Waals surface area contributed by atoms with E-state index in [9.17, 15) is 4.79 Å². The van der Waals surface area contributed by atoms with E-state index < -0.39 is 6.09 Å². The van der Waals surface area contributed by atoms with Gasteiger partial charge in [-0.2, -0.15) is 0 Å². The van der Waals surface area contributed by atoms with E-state index in [-0.39, 0.29) is 12.2 Å². The standard InChI is InChI=1S/C24H37BrN2O3/c1-17(2)29-22-7-8-23(25)20(16-22)15-19-10-13-27(14-11-19)12-9-18-3-5-21(6-4-18)30-24(26)28/h7-8,16-19,21H,3-6,9-15H2,1-2H3,(H2,26,28). The zero-order valence-corrected chi connectivity index (χ0v) is 20.0. The number of ether oxygens (including phenoxy) is 2. The Morgan fingerprint density at radius 2 is 1.83 bits per heavy atom. The number of carbonyl (C=O) groups is 1. The van der Waals surface area contributed by atoms with Crippen molar-refractivity contribution in [1.29, 1.82) is 0 Å². The Labute approximate surface area is 189 Å². The van der Waals surface area contributed by atoms with Crippen molar-refractivity contribution in [3.8, 4) is 5.75 Å². The monoisotopic (exact) mass is 480 g/mol. The van der Waals surface area contributed by atoms with Crippen LogP contribution in [0.4, 0.5) is 4.79 Å². The summed E-state index contributed by atoms with van der Waals surface area (Å²) < 4.78 is 12.2. The van der Waals surface area contributed by atoms with Crippen molar-refractivity contribution in [1.82, 2.24) is 4.90 Å². The predicted octanol–water partition coefficient (Wildman–Crippen LogP) is 5.54. The Morgan fingerprint density at radius 3 is 2.47 bits per heavy atom. The number of amides is 1. The van der Waals surface area contributed by atoms with Gasteiger partial charge in [-0.15, -0.1) is 0 Å². The van der Waals surface area contributed by atoms with E-state index in [0.29, 0.717) is 0 Å². The first-order chi connectivity index (χ1) is 14.4. The Hall–Kier alpha value is -1.27. The minimum absolute atomic E-state index is 0.0401. The lowest BCUT2D eigenvalue weighted by Gasteiger charge is -2.34. The van der Waals surface area contributed by atoms with Gasteiger partial charge in [0.05, 0.1) is 6.10 Å². The van der Waals surface area contributed by atoms with E-state index in [0.717, 1.165) is 49.7 Å². The van der Waals surface area contributed by atoms with Crippen LogP contribution in [0.15, 0.2) is 22.7 Å². The van der Waals surface area contributed by atoms with Crippen LogP contribution in [0.2, 0.25) is 0 Å². The molecular weight excluding hydrogens is 444 g/mol. The maximum absolute atomic E-state index is 10.9.